The van der Waals surface area contributed by atoms with Crippen molar-refractivity contribution in [2.24, 2.45) is 0 Å². The van der Waals surface area contributed by atoms with E-state index in [1.807, 2.05) is 0 Å². The zero-order valence-corrected chi connectivity index (χ0v) is 54.8. The van der Waals surface area contributed by atoms with Crippen molar-refractivity contribution in [1.29, 1.82) is 0 Å². The molecular formula is C75H143NO5. The van der Waals surface area contributed by atoms with Crippen LogP contribution >= 0.6 is 0 Å². The highest BCUT2D eigenvalue weighted by Gasteiger charge is 2.20. The molecule has 1 amide bonds. The summed E-state index contributed by atoms with van der Waals surface area (Å²) in [5, 5.41) is 23.3. The lowest BCUT2D eigenvalue weighted by atomic mass is 10.0. The van der Waals surface area contributed by atoms with Gasteiger partial charge in [0.25, 0.3) is 0 Å². The highest BCUT2D eigenvalue weighted by molar-refractivity contribution is 5.76. The molecule has 0 aliphatic rings. The normalized spacial score (nSPS) is 12.7. The van der Waals surface area contributed by atoms with Crippen LogP contribution in [-0.4, -0.2) is 47.4 Å². The monoisotopic (exact) mass is 1140 g/mol. The summed E-state index contributed by atoms with van der Waals surface area (Å²) >= 11 is 0. The summed E-state index contributed by atoms with van der Waals surface area (Å²) in [4.78, 5) is 24.6. The number of ether oxygens (including phenoxy) is 1. The Morgan fingerprint density at radius 1 is 0.346 bits per heavy atom. The topological polar surface area (TPSA) is 95.9 Å². The van der Waals surface area contributed by atoms with Crippen LogP contribution in [-0.2, 0) is 14.3 Å². The van der Waals surface area contributed by atoms with Crippen molar-refractivity contribution < 1.29 is 24.5 Å². The van der Waals surface area contributed by atoms with Crippen LogP contribution in [0.3, 0.4) is 0 Å². The van der Waals surface area contributed by atoms with Crippen LogP contribution in [0.1, 0.15) is 406 Å². The maximum atomic E-state index is 12.5. The van der Waals surface area contributed by atoms with E-state index in [9.17, 15) is 19.8 Å². The zero-order valence-electron chi connectivity index (χ0n) is 54.8. The third kappa shape index (κ3) is 67.1. The van der Waals surface area contributed by atoms with E-state index in [2.05, 4.69) is 55.6 Å². The van der Waals surface area contributed by atoms with Gasteiger partial charge in [0.2, 0.25) is 5.91 Å². The second kappa shape index (κ2) is 70.6. The SMILES string of the molecule is CCCCCC/C=C\C/C=C\CCCCCCCCCC(=O)OCCCCCCCCCCCCCC/C=C\CCCCCCCCCCCCCCCCCCC(=O)NC(CO)C(O)CCCCCCCCCCCCCCCC. The van der Waals surface area contributed by atoms with Gasteiger partial charge in [0.1, 0.15) is 0 Å². The summed E-state index contributed by atoms with van der Waals surface area (Å²) in [6.07, 6.45) is 90.7. The Balaban J connectivity index is 3.34. The first-order valence-corrected chi connectivity index (χ1v) is 36.7. The molecule has 0 saturated heterocycles. The zero-order chi connectivity index (χ0) is 58.5. The number of hydrogen-bond acceptors (Lipinski definition) is 5. The van der Waals surface area contributed by atoms with Gasteiger partial charge in [-0.2, -0.15) is 0 Å². The van der Waals surface area contributed by atoms with Crippen molar-refractivity contribution in [2.75, 3.05) is 13.2 Å². The number of amides is 1. The number of hydrogen-bond donors (Lipinski definition) is 3. The first-order chi connectivity index (χ1) is 40.0. The van der Waals surface area contributed by atoms with Crippen molar-refractivity contribution in [3.05, 3.63) is 36.5 Å². The molecule has 6 heteroatoms. The van der Waals surface area contributed by atoms with Gasteiger partial charge in [0, 0.05) is 12.8 Å². The van der Waals surface area contributed by atoms with E-state index in [4.69, 9.17) is 4.74 Å². The fourth-order valence-electron chi connectivity index (χ4n) is 11.6. The Hall–Kier alpha value is -1.92. The highest BCUT2D eigenvalue weighted by Crippen LogP contribution is 2.19. The number of nitrogens with one attached hydrogen (secondary N) is 1. The van der Waals surface area contributed by atoms with Gasteiger partial charge in [0.15, 0.2) is 0 Å². The van der Waals surface area contributed by atoms with E-state index in [1.165, 1.54) is 321 Å². The molecular weight excluding hydrogens is 995 g/mol. The molecule has 2 unspecified atom stereocenters. The van der Waals surface area contributed by atoms with Crippen LogP contribution in [0.2, 0.25) is 0 Å². The first kappa shape index (κ1) is 79.1. The number of carbonyl (C=O) groups is 2. The first-order valence-electron chi connectivity index (χ1n) is 36.7. The van der Waals surface area contributed by atoms with E-state index >= 15 is 0 Å². The molecule has 0 aromatic heterocycles. The molecule has 0 aromatic rings. The quantitative estimate of drug-likeness (QED) is 0.0320. The number of aliphatic hydroxyl groups is 2. The van der Waals surface area contributed by atoms with Gasteiger partial charge in [-0.25, -0.2) is 0 Å². The van der Waals surface area contributed by atoms with Gasteiger partial charge < -0.3 is 20.3 Å². The van der Waals surface area contributed by atoms with Gasteiger partial charge in [-0.05, 0) is 83.5 Å². The van der Waals surface area contributed by atoms with Crippen molar-refractivity contribution in [1.82, 2.24) is 5.32 Å². The van der Waals surface area contributed by atoms with Gasteiger partial charge in [0.05, 0.1) is 25.4 Å². The molecule has 0 fully saturated rings. The Labute approximate surface area is 506 Å². The Kier molecular flexibility index (Phi) is 68.9. The van der Waals surface area contributed by atoms with Gasteiger partial charge in [-0.15, -0.1) is 0 Å². The second-order valence-corrected chi connectivity index (χ2v) is 25.3. The van der Waals surface area contributed by atoms with Gasteiger partial charge >= 0.3 is 5.97 Å². The molecule has 0 aliphatic heterocycles. The molecule has 0 radical (unpaired) electrons. The average molecular weight is 1140 g/mol. The second-order valence-electron chi connectivity index (χ2n) is 25.3. The molecule has 0 rings (SSSR count). The molecule has 0 aliphatic carbocycles. The van der Waals surface area contributed by atoms with Crippen LogP contribution in [0.4, 0.5) is 0 Å². The molecule has 6 nitrogen and oxygen atoms in total. The molecule has 0 heterocycles. The Morgan fingerprint density at radius 3 is 0.963 bits per heavy atom. The predicted octanol–water partition coefficient (Wildman–Crippen LogP) is 23.9. The van der Waals surface area contributed by atoms with E-state index in [-0.39, 0.29) is 18.5 Å². The molecule has 2 atom stereocenters. The smallest absolute Gasteiger partial charge is 0.305 e. The number of rotatable bonds is 69. The maximum Gasteiger partial charge on any atom is 0.305 e. The van der Waals surface area contributed by atoms with Crippen molar-refractivity contribution in [2.45, 2.75) is 418 Å². The fourth-order valence-corrected chi connectivity index (χ4v) is 11.6. The third-order valence-electron chi connectivity index (χ3n) is 17.2. The average Bonchev–Trinajstić information content (AvgIpc) is 3.47. The van der Waals surface area contributed by atoms with Crippen LogP contribution in [0, 0.1) is 0 Å². The summed E-state index contributed by atoms with van der Waals surface area (Å²) < 4.78 is 5.50. The standard InChI is InChI=1S/C75H143NO5/c1-3-5-7-9-11-13-15-17-19-20-38-41-45-49-53-57-61-65-69-75(80)81-70-66-62-58-54-50-46-42-39-36-34-32-30-28-26-24-22-21-23-25-27-29-31-33-35-37-40-44-48-52-56-60-64-68-74(79)76-72(71-77)73(78)67-63-59-55-51-47-43-18-16-14-12-10-8-6-4-2/h13,15,19-20,24,26,72-73,77-78H,3-12,14,16-18,21-23,25,27-71H2,1-2H3,(H,76,79)/b15-13-,20-19-,26-24-. The summed E-state index contributed by atoms with van der Waals surface area (Å²) in [5.74, 6) is -0.0187. The van der Waals surface area contributed by atoms with Gasteiger partial charge in [-0.3, -0.25) is 9.59 Å². The summed E-state index contributed by atoms with van der Waals surface area (Å²) in [6.45, 7) is 4.96. The lowest BCUT2D eigenvalue weighted by Crippen LogP contribution is -2.45. The minimum Gasteiger partial charge on any atom is -0.466 e. The molecule has 0 aromatic carbocycles. The number of unbranched alkanes of at least 4 members (excludes halogenated alkanes) is 52. The van der Waals surface area contributed by atoms with E-state index in [0.29, 0.717) is 25.9 Å². The molecule has 0 spiro atoms. The van der Waals surface area contributed by atoms with Crippen LogP contribution in [0.15, 0.2) is 36.5 Å². The summed E-state index contributed by atoms with van der Waals surface area (Å²) in [5.41, 5.74) is 0. The van der Waals surface area contributed by atoms with Crippen LogP contribution < -0.4 is 5.32 Å². The lowest BCUT2D eigenvalue weighted by molar-refractivity contribution is -0.143. The number of carbonyl (C=O) groups excluding carboxylic acids is 2. The fraction of sp³-hybridized carbons (Fsp3) is 0.893. The lowest BCUT2D eigenvalue weighted by Gasteiger charge is -2.22. The van der Waals surface area contributed by atoms with Crippen molar-refractivity contribution >= 4 is 11.9 Å². The molecule has 0 saturated carbocycles. The number of aliphatic hydroxyl groups excluding tert-OH is 2. The van der Waals surface area contributed by atoms with E-state index in [1.54, 1.807) is 0 Å². The van der Waals surface area contributed by atoms with Crippen LogP contribution in [0.5, 0.6) is 0 Å². The number of allylic oxidation sites excluding steroid dienone is 6. The predicted molar refractivity (Wildman–Crippen MR) is 356 cm³/mol. The van der Waals surface area contributed by atoms with Crippen molar-refractivity contribution in [3.63, 3.8) is 0 Å². The van der Waals surface area contributed by atoms with Crippen molar-refractivity contribution in [3.8, 4) is 0 Å². The molecule has 81 heavy (non-hydrogen) atoms. The molecule has 3 N–H and O–H groups in total. The largest absolute Gasteiger partial charge is 0.466 e. The minimum absolute atomic E-state index is 0.0113. The number of esters is 1. The molecule has 478 valence electrons. The van der Waals surface area contributed by atoms with E-state index < -0.39 is 12.1 Å². The maximum absolute atomic E-state index is 12.5. The summed E-state index contributed by atoms with van der Waals surface area (Å²) in [7, 11) is 0. The Morgan fingerprint density at radius 2 is 0.617 bits per heavy atom. The van der Waals surface area contributed by atoms with E-state index in [0.717, 1.165) is 51.4 Å². The highest BCUT2D eigenvalue weighted by atomic mass is 16.5. The molecule has 0 bridgehead atoms. The summed E-state index contributed by atoms with van der Waals surface area (Å²) in [6, 6.07) is -0.539. The van der Waals surface area contributed by atoms with Crippen LogP contribution in [0.25, 0.3) is 0 Å². The third-order valence-corrected chi connectivity index (χ3v) is 17.2. The van der Waals surface area contributed by atoms with Gasteiger partial charge in [-0.1, -0.05) is 346 Å². The Bertz CT molecular complexity index is 1310. The minimum atomic E-state index is -0.662.